The number of rotatable bonds is 4. The van der Waals surface area contributed by atoms with Crippen molar-refractivity contribution in [2.75, 3.05) is 11.1 Å². The number of amides is 2. The predicted octanol–water partition coefficient (Wildman–Crippen LogP) is 1.74. The summed E-state index contributed by atoms with van der Waals surface area (Å²) in [6.45, 7) is 0. The molecule has 0 saturated heterocycles. The molecule has 108 valence electrons. The van der Waals surface area contributed by atoms with Crippen LogP contribution in [0.1, 0.15) is 33.7 Å². The lowest BCUT2D eigenvalue weighted by Crippen LogP contribution is -2.25. The molecule has 1 aromatic carbocycles. The largest absolute Gasteiger partial charge is 0.397 e. The Morgan fingerprint density at radius 2 is 1.86 bits per heavy atom. The summed E-state index contributed by atoms with van der Waals surface area (Å²) in [5.41, 5.74) is 7.66. The minimum atomic E-state index is -0.276. The molecule has 1 heterocycles. The second-order valence-corrected chi connectivity index (χ2v) is 5.13. The molecular formula is C15H16N4O2. The Bertz CT molecular complexity index is 671. The summed E-state index contributed by atoms with van der Waals surface area (Å²) < 4.78 is 0. The lowest BCUT2D eigenvalue weighted by Gasteiger charge is -2.06. The Kier molecular flexibility index (Phi) is 3.35. The fourth-order valence-electron chi connectivity index (χ4n) is 1.94. The van der Waals surface area contributed by atoms with E-state index in [0.29, 0.717) is 28.7 Å². The van der Waals surface area contributed by atoms with Crippen LogP contribution >= 0.6 is 0 Å². The van der Waals surface area contributed by atoms with Gasteiger partial charge in [-0.1, -0.05) is 0 Å². The third-order valence-corrected chi connectivity index (χ3v) is 3.27. The van der Waals surface area contributed by atoms with Crippen molar-refractivity contribution in [3.8, 4) is 0 Å². The van der Waals surface area contributed by atoms with Crippen LogP contribution in [0.2, 0.25) is 0 Å². The second-order valence-electron chi connectivity index (χ2n) is 5.13. The van der Waals surface area contributed by atoms with Crippen LogP contribution in [-0.2, 0) is 0 Å². The first-order chi connectivity index (χ1) is 10.1. The average Bonchev–Trinajstić information content (AvgIpc) is 3.17. The van der Waals surface area contributed by atoms with Crippen molar-refractivity contribution in [1.82, 2.24) is 10.3 Å². The molecule has 1 aliphatic rings. The molecule has 3 rings (SSSR count). The monoisotopic (exact) mass is 284 g/mol. The van der Waals surface area contributed by atoms with Crippen LogP contribution in [0.25, 0.3) is 0 Å². The Morgan fingerprint density at radius 3 is 2.43 bits per heavy atom. The number of benzene rings is 1. The summed E-state index contributed by atoms with van der Waals surface area (Å²) in [6.07, 6.45) is 3.67. The van der Waals surface area contributed by atoms with Crippen molar-refractivity contribution < 1.29 is 9.59 Å². The Balaban J connectivity index is 1.63. The zero-order valence-electron chi connectivity index (χ0n) is 11.3. The first kappa shape index (κ1) is 13.2. The summed E-state index contributed by atoms with van der Waals surface area (Å²) >= 11 is 0. The summed E-state index contributed by atoms with van der Waals surface area (Å²) in [5, 5.41) is 5.65. The van der Waals surface area contributed by atoms with Gasteiger partial charge in [-0.3, -0.25) is 9.59 Å². The number of hydrogen-bond acceptors (Lipinski definition) is 3. The molecule has 0 radical (unpaired) electrons. The number of aromatic nitrogens is 1. The Labute approximate surface area is 121 Å². The number of hydrogen-bond donors (Lipinski definition) is 4. The van der Waals surface area contributed by atoms with Crippen LogP contribution in [0.5, 0.6) is 0 Å². The molecule has 6 heteroatoms. The van der Waals surface area contributed by atoms with Gasteiger partial charge in [-0.15, -0.1) is 0 Å². The maximum absolute atomic E-state index is 11.9. The van der Waals surface area contributed by atoms with Gasteiger partial charge in [0.05, 0.1) is 0 Å². The normalized spacial score (nSPS) is 13.7. The fraction of sp³-hybridized carbons (Fsp3) is 0.200. The van der Waals surface area contributed by atoms with Gasteiger partial charge in [-0.25, -0.2) is 0 Å². The van der Waals surface area contributed by atoms with E-state index in [2.05, 4.69) is 15.6 Å². The molecule has 1 saturated carbocycles. The van der Waals surface area contributed by atoms with Gasteiger partial charge < -0.3 is 21.4 Å². The van der Waals surface area contributed by atoms with E-state index >= 15 is 0 Å². The van der Waals surface area contributed by atoms with Gasteiger partial charge in [0.1, 0.15) is 5.69 Å². The van der Waals surface area contributed by atoms with Crippen LogP contribution in [0, 0.1) is 0 Å². The Hall–Kier alpha value is -2.76. The summed E-state index contributed by atoms with van der Waals surface area (Å²) in [5.74, 6) is -0.352. The molecule has 1 aliphatic carbocycles. The predicted molar refractivity (Wildman–Crippen MR) is 80.1 cm³/mol. The molecule has 1 fully saturated rings. The molecule has 2 amide bonds. The molecule has 21 heavy (non-hydrogen) atoms. The fourth-order valence-corrected chi connectivity index (χ4v) is 1.94. The zero-order valence-corrected chi connectivity index (χ0v) is 11.3. The minimum absolute atomic E-state index is 0.0764. The standard InChI is InChI=1S/C15H16N4O2/c16-10-7-13(17-8-10)15(21)19-11-3-1-9(2-4-11)14(20)18-12-5-6-12/h1-4,7-8,12,17H,5-6,16H2,(H,18,20)(H,19,21). The smallest absolute Gasteiger partial charge is 0.272 e. The second kappa shape index (κ2) is 5.32. The van der Waals surface area contributed by atoms with Crippen LogP contribution in [-0.4, -0.2) is 22.8 Å². The van der Waals surface area contributed by atoms with E-state index in [0.717, 1.165) is 12.8 Å². The highest BCUT2D eigenvalue weighted by Crippen LogP contribution is 2.19. The molecule has 2 aromatic rings. The van der Waals surface area contributed by atoms with Crippen molar-refractivity contribution in [1.29, 1.82) is 0 Å². The van der Waals surface area contributed by atoms with E-state index < -0.39 is 0 Å². The highest BCUT2D eigenvalue weighted by molar-refractivity contribution is 6.04. The number of carbonyl (C=O) groups is 2. The molecule has 0 bridgehead atoms. The summed E-state index contributed by atoms with van der Waals surface area (Å²) in [6, 6.07) is 8.67. The average molecular weight is 284 g/mol. The molecule has 0 atom stereocenters. The Morgan fingerprint density at radius 1 is 1.14 bits per heavy atom. The third kappa shape index (κ3) is 3.22. The molecule has 0 spiro atoms. The molecule has 0 aliphatic heterocycles. The van der Waals surface area contributed by atoms with Gasteiger partial charge in [0.15, 0.2) is 0 Å². The molecule has 0 unspecified atom stereocenters. The van der Waals surface area contributed by atoms with Crippen LogP contribution in [0.15, 0.2) is 36.5 Å². The molecular weight excluding hydrogens is 268 g/mol. The van der Waals surface area contributed by atoms with E-state index in [1.165, 1.54) is 0 Å². The number of nitrogen functional groups attached to an aromatic ring is 1. The first-order valence-corrected chi connectivity index (χ1v) is 6.78. The quantitative estimate of drug-likeness (QED) is 0.688. The van der Waals surface area contributed by atoms with Crippen molar-refractivity contribution >= 4 is 23.2 Å². The topological polar surface area (TPSA) is 100 Å². The number of nitrogens with two attached hydrogens (primary N) is 1. The number of H-pyrrole nitrogens is 1. The van der Waals surface area contributed by atoms with E-state index in [9.17, 15) is 9.59 Å². The lowest BCUT2D eigenvalue weighted by atomic mass is 10.2. The molecule has 1 aromatic heterocycles. The lowest BCUT2D eigenvalue weighted by molar-refractivity contribution is 0.0950. The minimum Gasteiger partial charge on any atom is -0.397 e. The van der Waals surface area contributed by atoms with Crippen molar-refractivity contribution in [3.05, 3.63) is 47.8 Å². The van der Waals surface area contributed by atoms with E-state index in [1.54, 1.807) is 36.5 Å². The zero-order chi connectivity index (χ0) is 14.8. The van der Waals surface area contributed by atoms with Gasteiger partial charge >= 0.3 is 0 Å². The number of nitrogens with one attached hydrogen (secondary N) is 3. The van der Waals surface area contributed by atoms with Gasteiger partial charge in [0.25, 0.3) is 11.8 Å². The molecule has 6 nitrogen and oxygen atoms in total. The van der Waals surface area contributed by atoms with E-state index in [1.807, 2.05) is 0 Å². The van der Waals surface area contributed by atoms with Crippen LogP contribution < -0.4 is 16.4 Å². The highest BCUT2D eigenvalue weighted by atomic mass is 16.2. The molecule has 5 N–H and O–H groups in total. The van der Waals surface area contributed by atoms with Crippen molar-refractivity contribution in [2.45, 2.75) is 18.9 Å². The maximum atomic E-state index is 11.9. The van der Waals surface area contributed by atoms with Crippen molar-refractivity contribution in [3.63, 3.8) is 0 Å². The number of carbonyl (C=O) groups excluding carboxylic acids is 2. The summed E-state index contributed by atoms with van der Waals surface area (Å²) in [7, 11) is 0. The highest BCUT2D eigenvalue weighted by Gasteiger charge is 2.23. The van der Waals surface area contributed by atoms with Crippen LogP contribution in [0.4, 0.5) is 11.4 Å². The third-order valence-electron chi connectivity index (χ3n) is 3.27. The number of anilines is 2. The van der Waals surface area contributed by atoms with Gasteiger partial charge in [-0.2, -0.15) is 0 Å². The SMILES string of the molecule is Nc1c[nH]c(C(=O)Nc2ccc(C(=O)NC3CC3)cc2)c1. The van der Waals surface area contributed by atoms with Crippen LogP contribution in [0.3, 0.4) is 0 Å². The van der Waals surface area contributed by atoms with Gasteiger partial charge in [0, 0.05) is 29.2 Å². The van der Waals surface area contributed by atoms with Crippen molar-refractivity contribution in [2.24, 2.45) is 0 Å². The first-order valence-electron chi connectivity index (χ1n) is 6.78. The number of aromatic amines is 1. The maximum Gasteiger partial charge on any atom is 0.272 e. The van der Waals surface area contributed by atoms with Gasteiger partial charge in [-0.05, 0) is 43.2 Å². The van der Waals surface area contributed by atoms with E-state index in [-0.39, 0.29) is 11.8 Å². The van der Waals surface area contributed by atoms with Gasteiger partial charge in [0.2, 0.25) is 0 Å². The van der Waals surface area contributed by atoms with E-state index in [4.69, 9.17) is 5.73 Å². The summed E-state index contributed by atoms with van der Waals surface area (Å²) in [4.78, 5) is 26.5.